The Morgan fingerprint density at radius 1 is 1.13 bits per heavy atom. The van der Waals surface area contributed by atoms with Crippen LogP contribution in [0.1, 0.15) is 69.0 Å². The number of nitriles is 1. The second kappa shape index (κ2) is 10.2. The molecule has 1 aliphatic heterocycles. The highest BCUT2D eigenvalue weighted by Gasteiger charge is 2.47. The molecule has 6 nitrogen and oxygen atoms in total. The summed E-state index contributed by atoms with van der Waals surface area (Å²) in [6, 6.07) is 9.50. The SMILES string of the molecule is CC(C)C[C@H](N[C@@H](c1ccc2c(c1)oc1ccc(C3CCNCC3)cc12)C(F)(F)F)C(=O)NC1(C#N)CC1. The third-order valence-electron chi connectivity index (χ3n) is 7.71. The fourth-order valence-corrected chi connectivity index (χ4v) is 5.42. The number of alkyl halides is 3. The van der Waals surface area contributed by atoms with Gasteiger partial charge in [0.15, 0.2) is 0 Å². The molecule has 2 heterocycles. The van der Waals surface area contributed by atoms with Gasteiger partial charge in [0.05, 0.1) is 12.1 Å². The number of carbonyl (C=O) groups is 1. The van der Waals surface area contributed by atoms with Crippen molar-refractivity contribution in [2.24, 2.45) is 5.92 Å². The van der Waals surface area contributed by atoms with Crippen LogP contribution in [0.5, 0.6) is 0 Å². The van der Waals surface area contributed by atoms with Gasteiger partial charge >= 0.3 is 6.18 Å². The zero-order valence-corrected chi connectivity index (χ0v) is 21.6. The van der Waals surface area contributed by atoms with Crippen molar-refractivity contribution in [2.45, 2.75) is 75.7 Å². The van der Waals surface area contributed by atoms with E-state index in [1.54, 1.807) is 6.07 Å². The Bertz CT molecular complexity index is 1360. The predicted octanol–water partition coefficient (Wildman–Crippen LogP) is 5.83. The number of nitrogens with one attached hydrogen (secondary N) is 3. The highest BCUT2D eigenvalue weighted by molar-refractivity contribution is 6.05. The first-order valence-corrected chi connectivity index (χ1v) is 13.3. The molecule has 2 fully saturated rings. The normalized spacial score (nSPS) is 19.4. The van der Waals surface area contributed by atoms with Gasteiger partial charge in [-0.3, -0.25) is 10.1 Å². The Labute approximate surface area is 219 Å². The summed E-state index contributed by atoms with van der Waals surface area (Å²) in [6.07, 6.45) is -1.34. The Hall–Kier alpha value is -3.09. The summed E-state index contributed by atoms with van der Waals surface area (Å²) in [4.78, 5) is 13.0. The lowest BCUT2D eigenvalue weighted by molar-refractivity contribution is -0.161. The third-order valence-corrected chi connectivity index (χ3v) is 7.71. The van der Waals surface area contributed by atoms with Gasteiger partial charge in [-0.15, -0.1) is 0 Å². The number of carbonyl (C=O) groups excluding carboxylic acids is 1. The predicted molar refractivity (Wildman–Crippen MR) is 139 cm³/mol. The minimum Gasteiger partial charge on any atom is -0.456 e. The molecule has 9 heteroatoms. The van der Waals surface area contributed by atoms with Crippen molar-refractivity contribution in [3.05, 3.63) is 47.5 Å². The minimum atomic E-state index is -4.65. The minimum absolute atomic E-state index is 0.0226. The van der Waals surface area contributed by atoms with E-state index in [4.69, 9.17) is 4.42 Å². The first-order valence-electron chi connectivity index (χ1n) is 13.3. The van der Waals surface area contributed by atoms with E-state index in [2.05, 4.69) is 28.1 Å². The van der Waals surface area contributed by atoms with Crippen LogP contribution in [0.15, 0.2) is 40.8 Å². The maximum absolute atomic E-state index is 14.4. The number of hydrogen-bond acceptors (Lipinski definition) is 5. The molecule has 1 aliphatic carbocycles. The number of furan rings is 1. The fourth-order valence-electron chi connectivity index (χ4n) is 5.42. The number of benzene rings is 2. The van der Waals surface area contributed by atoms with Gasteiger partial charge in [-0.25, -0.2) is 0 Å². The van der Waals surface area contributed by atoms with Crippen LogP contribution in [-0.4, -0.2) is 36.8 Å². The van der Waals surface area contributed by atoms with Crippen LogP contribution in [0.3, 0.4) is 0 Å². The molecule has 1 amide bonds. The largest absolute Gasteiger partial charge is 0.456 e. The van der Waals surface area contributed by atoms with Gasteiger partial charge < -0.3 is 15.1 Å². The maximum Gasteiger partial charge on any atom is 0.407 e. The maximum atomic E-state index is 14.4. The molecule has 1 aromatic heterocycles. The van der Waals surface area contributed by atoms with Crippen molar-refractivity contribution in [3.63, 3.8) is 0 Å². The second-order valence-electron chi connectivity index (χ2n) is 11.1. The summed E-state index contributed by atoms with van der Waals surface area (Å²) in [5, 5.41) is 19.6. The quantitative estimate of drug-likeness (QED) is 0.344. The molecule has 2 aliphatic rings. The van der Waals surface area contributed by atoms with E-state index in [1.165, 1.54) is 17.7 Å². The Kier molecular flexibility index (Phi) is 7.14. The average Bonchev–Trinajstić information content (AvgIpc) is 3.56. The van der Waals surface area contributed by atoms with E-state index in [0.717, 1.165) is 36.7 Å². The Morgan fingerprint density at radius 3 is 2.50 bits per heavy atom. The first kappa shape index (κ1) is 26.5. The topological polar surface area (TPSA) is 90.1 Å². The van der Waals surface area contributed by atoms with Crippen molar-refractivity contribution in [1.82, 2.24) is 16.0 Å². The lowest BCUT2D eigenvalue weighted by atomic mass is 9.89. The zero-order valence-electron chi connectivity index (χ0n) is 21.6. The van der Waals surface area contributed by atoms with Crippen molar-refractivity contribution >= 4 is 27.8 Å². The summed E-state index contributed by atoms with van der Waals surface area (Å²) in [5.41, 5.74) is 1.25. The standard InChI is InChI=1S/C29H33F3N4O2/c1-17(2)13-23(27(37)36-28(16-33)9-10-28)35-26(29(30,31)32)20-3-5-21-22-14-19(18-7-11-34-12-8-18)4-6-24(22)38-25(21)15-20/h3-6,14-15,17-18,23,26,34-35H,7-13H2,1-2H3,(H,36,37)/t23-,26-/m0/s1. The van der Waals surface area contributed by atoms with E-state index in [0.29, 0.717) is 29.9 Å². The van der Waals surface area contributed by atoms with E-state index < -0.39 is 29.7 Å². The molecule has 2 aromatic carbocycles. The molecule has 2 atom stereocenters. The summed E-state index contributed by atoms with van der Waals surface area (Å²) >= 11 is 0. The van der Waals surface area contributed by atoms with Gasteiger partial charge in [-0.2, -0.15) is 18.4 Å². The van der Waals surface area contributed by atoms with Gasteiger partial charge in [0.1, 0.15) is 22.7 Å². The molecule has 1 saturated heterocycles. The molecule has 202 valence electrons. The molecular weight excluding hydrogens is 493 g/mol. The summed E-state index contributed by atoms with van der Waals surface area (Å²) in [7, 11) is 0. The molecule has 0 radical (unpaired) electrons. The van der Waals surface area contributed by atoms with Crippen molar-refractivity contribution in [2.75, 3.05) is 13.1 Å². The van der Waals surface area contributed by atoms with Crippen molar-refractivity contribution in [1.29, 1.82) is 5.26 Å². The van der Waals surface area contributed by atoms with Gasteiger partial charge in [-0.05, 0) is 86.4 Å². The van der Waals surface area contributed by atoms with Crippen LogP contribution in [0.4, 0.5) is 13.2 Å². The molecule has 1 saturated carbocycles. The molecule has 0 unspecified atom stereocenters. The van der Waals surface area contributed by atoms with Crippen LogP contribution in [0.25, 0.3) is 21.9 Å². The number of halogens is 3. The van der Waals surface area contributed by atoms with Crippen molar-refractivity contribution in [3.8, 4) is 6.07 Å². The zero-order chi connectivity index (χ0) is 27.1. The number of piperidine rings is 1. The molecule has 5 rings (SSSR count). The summed E-state index contributed by atoms with van der Waals surface area (Å²) in [6.45, 7) is 5.63. The summed E-state index contributed by atoms with van der Waals surface area (Å²) in [5.74, 6) is -0.165. The van der Waals surface area contributed by atoms with Crippen LogP contribution in [0, 0.1) is 17.2 Å². The third kappa shape index (κ3) is 5.52. The van der Waals surface area contributed by atoms with Crippen LogP contribution in [-0.2, 0) is 4.79 Å². The van der Waals surface area contributed by atoms with Crippen LogP contribution >= 0.6 is 0 Å². The molecule has 38 heavy (non-hydrogen) atoms. The molecular formula is C29H33F3N4O2. The highest BCUT2D eigenvalue weighted by atomic mass is 19.4. The smallest absolute Gasteiger partial charge is 0.407 e. The van der Waals surface area contributed by atoms with Gasteiger partial charge in [-0.1, -0.05) is 32.0 Å². The van der Waals surface area contributed by atoms with Gasteiger partial charge in [0.2, 0.25) is 5.91 Å². The van der Waals surface area contributed by atoms with E-state index in [-0.39, 0.29) is 17.9 Å². The highest BCUT2D eigenvalue weighted by Crippen LogP contribution is 2.39. The lowest BCUT2D eigenvalue weighted by Gasteiger charge is -2.29. The molecule has 3 aromatic rings. The van der Waals surface area contributed by atoms with E-state index >= 15 is 0 Å². The monoisotopic (exact) mass is 526 g/mol. The van der Waals surface area contributed by atoms with Gasteiger partial charge in [0.25, 0.3) is 0 Å². The van der Waals surface area contributed by atoms with Gasteiger partial charge in [0, 0.05) is 10.8 Å². The number of hydrogen-bond donors (Lipinski definition) is 3. The number of nitrogens with zero attached hydrogens (tertiary/aromatic N) is 1. The van der Waals surface area contributed by atoms with E-state index in [9.17, 15) is 23.2 Å². The molecule has 0 bridgehead atoms. The number of amides is 1. The first-order chi connectivity index (χ1) is 18.1. The summed E-state index contributed by atoms with van der Waals surface area (Å²) < 4.78 is 49.1. The molecule has 0 spiro atoms. The van der Waals surface area contributed by atoms with Crippen LogP contribution in [0.2, 0.25) is 0 Å². The Morgan fingerprint density at radius 2 is 1.87 bits per heavy atom. The lowest BCUT2D eigenvalue weighted by Crippen LogP contribution is -2.52. The second-order valence-corrected chi connectivity index (χ2v) is 11.1. The van der Waals surface area contributed by atoms with Crippen molar-refractivity contribution < 1.29 is 22.4 Å². The number of rotatable bonds is 8. The molecule has 3 N–H and O–H groups in total. The average molecular weight is 527 g/mol. The fraction of sp³-hybridized carbons (Fsp3) is 0.517. The number of fused-ring (bicyclic) bond motifs is 3. The van der Waals surface area contributed by atoms with E-state index in [1.807, 2.05) is 26.0 Å². The van der Waals surface area contributed by atoms with Crippen LogP contribution < -0.4 is 16.0 Å². The Balaban J connectivity index is 1.45.